The third-order valence-corrected chi connectivity index (χ3v) is 15.1. The first-order valence-corrected chi connectivity index (χ1v) is 26.0. The lowest BCUT2D eigenvalue weighted by molar-refractivity contribution is -0.167. The predicted molar refractivity (Wildman–Crippen MR) is 275 cm³/mol. The summed E-state index contributed by atoms with van der Waals surface area (Å²) in [6.45, 7) is 5.55. The number of nitrogens with one attached hydrogen (secondary N) is 2. The third kappa shape index (κ3) is 12.0. The molecular weight excluding hydrogens is 933 g/mol. The Balaban J connectivity index is 0.787. The number of piperidine rings is 1. The number of hydrogen-bond acceptors (Lipinski definition) is 15. The topological polar surface area (TPSA) is 227 Å². The summed E-state index contributed by atoms with van der Waals surface area (Å²) >= 11 is 0. The first kappa shape index (κ1) is 51.2. The highest BCUT2D eigenvalue weighted by atomic mass is 16.5. The van der Waals surface area contributed by atoms with Crippen molar-refractivity contribution in [2.75, 3.05) is 74.3 Å². The summed E-state index contributed by atoms with van der Waals surface area (Å²) in [5, 5.41) is 24.1. The second-order valence-electron chi connectivity index (χ2n) is 20.4. The second-order valence-corrected chi connectivity index (χ2v) is 20.4. The van der Waals surface area contributed by atoms with E-state index in [1.807, 2.05) is 74.9 Å². The summed E-state index contributed by atoms with van der Waals surface area (Å²) in [6, 6.07) is 20.9. The van der Waals surface area contributed by atoms with Crippen molar-refractivity contribution >= 4 is 46.8 Å². The molecule has 5 aliphatic rings. The van der Waals surface area contributed by atoms with Gasteiger partial charge in [0.25, 0.3) is 0 Å². The van der Waals surface area contributed by atoms with Crippen LogP contribution in [0.2, 0.25) is 0 Å². The summed E-state index contributed by atoms with van der Waals surface area (Å²) in [5.74, 6) is 0.286. The smallest absolute Gasteiger partial charge is 0.407 e. The Bertz CT molecular complexity index is 2550. The minimum atomic E-state index is -1.24. The van der Waals surface area contributed by atoms with Crippen LogP contribution in [0.3, 0.4) is 0 Å². The van der Waals surface area contributed by atoms with E-state index in [0.29, 0.717) is 61.2 Å². The van der Waals surface area contributed by atoms with Crippen LogP contribution in [0.25, 0.3) is 11.3 Å². The average Bonchev–Trinajstić information content (AvgIpc) is 3.62. The molecule has 5 N–H and O–H groups in total. The van der Waals surface area contributed by atoms with Gasteiger partial charge in [0.2, 0.25) is 17.7 Å². The number of esters is 1. The molecule has 73 heavy (non-hydrogen) atoms. The van der Waals surface area contributed by atoms with E-state index >= 15 is 0 Å². The number of pyridine rings is 1. The number of rotatable bonds is 21. The van der Waals surface area contributed by atoms with E-state index in [1.165, 1.54) is 4.90 Å². The lowest BCUT2D eigenvalue weighted by atomic mass is 9.68. The number of carbonyl (C=O) groups excluding carboxylic acids is 3. The number of benzene rings is 2. The maximum absolute atomic E-state index is 13.7. The van der Waals surface area contributed by atoms with Crippen molar-refractivity contribution in [3.63, 3.8) is 0 Å². The highest BCUT2D eigenvalue weighted by Gasteiger charge is 2.53. The van der Waals surface area contributed by atoms with Crippen LogP contribution in [0, 0.1) is 5.41 Å². The lowest BCUT2D eigenvalue weighted by Gasteiger charge is -2.43. The van der Waals surface area contributed by atoms with Crippen LogP contribution in [-0.2, 0) is 30.5 Å². The fourth-order valence-electron chi connectivity index (χ4n) is 10.8. The van der Waals surface area contributed by atoms with Gasteiger partial charge in [0, 0.05) is 80.3 Å². The van der Waals surface area contributed by atoms with Gasteiger partial charge >= 0.3 is 12.1 Å². The Hall–Kier alpha value is -6.73. The molecule has 4 aromatic rings. The molecule has 3 saturated heterocycles. The highest BCUT2D eigenvalue weighted by Crippen LogP contribution is 2.43. The van der Waals surface area contributed by atoms with Crippen LogP contribution in [0.15, 0.2) is 72.9 Å². The number of amides is 3. The van der Waals surface area contributed by atoms with Crippen molar-refractivity contribution in [2.45, 2.75) is 127 Å². The van der Waals surface area contributed by atoms with E-state index in [9.17, 15) is 24.3 Å². The molecule has 9 rings (SSSR count). The van der Waals surface area contributed by atoms with Crippen molar-refractivity contribution in [1.29, 1.82) is 0 Å². The van der Waals surface area contributed by atoms with Gasteiger partial charge in [-0.3, -0.25) is 14.4 Å². The molecule has 19 nitrogen and oxygen atoms in total. The monoisotopic (exact) mass is 1000 g/mol. The molecule has 19 heteroatoms. The Morgan fingerprint density at radius 2 is 1.64 bits per heavy atom. The second kappa shape index (κ2) is 23.0. The van der Waals surface area contributed by atoms with Crippen LogP contribution in [0.1, 0.15) is 89.5 Å². The van der Waals surface area contributed by atoms with E-state index in [-0.39, 0.29) is 49.5 Å². The van der Waals surface area contributed by atoms with Crippen molar-refractivity contribution in [3.05, 3.63) is 78.5 Å². The molecule has 5 heterocycles. The number of likely N-dealkylation sites (tertiary alicyclic amines) is 1. The molecule has 5 fully saturated rings. The molecule has 2 saturated carbocycles. The molecular formula is C54H70N10O9. The zero-order valence-corrected chi connectivity index (χ0v) is 42.2. The van der Waals surface area contributed by atoms with Crippen LogP contribution >= 0.6 is 0 Å². The number of piperazine rings is 1. The molecule has 2 aliphatic carbocycles. The quantitative estimate of drug-likeness (QED) is 0.0396. The Morgan fingerprint density at radius 3 is 2.33 bits per heavy atom. The van der Waals surface area contributed by atoms with Gasteiger partial charge in [-0.15, -0.1) is 10.2 Å². The average molecular weight is 1000 g/mol. The van der Waals surface area contributed by atoms with Crippen LogP contribution in [0.4, 0.5) is 27.7 Å². The molecule has 3 unspecified atom stereocenters. The van der Waals surface area contributed by atoms with E-state index in [0.717, 1.165) is 99.9 Å². The largest absolute Gasteiger partial charge is 0.488 e. The molecule has 0 radical (unpaired) electrons. The minimum Gasteiger partial charge on any atom is -0.488 e. The van der Waals surface area contributed by atoms with E-state index in [2.05, 4.69) is 52.6 Å². The molecule has 3 amide bonds. The zero-order valence-electron chi connectivity index (χ0n) is 42.2. The number of fused-ring (bicyclic) bond motifs is 2. The first-order chi connectivity index (χ1) is 35.3. The van der Waals surface area contributed by atoms with Gasteiger partial charge < -0.3 is 60.0 Å². The standard InChI is InChI=1S/C54H70N10O9/c1-4-70-52(67)54(22-9-23-54)51(66)58-44(11-7-8-25-61(2)3)50(65)57-36-15-13-35(14-16-36)34-71-47-12-6-5-10-43(47)45-31-46(49(55)60-59-45)63-32-38-17-18-39(33-63)64(38)37-19-24-56-48(28-37)73-42-29-41(30-42)72-40-20-26-62(27-21-40)53(68)69/h5-6,10,12-16,19,24,28,31,38-42,44H,4,7-9,11,17-18,20-23,25-27,29-30,32-34H2,1-3H3,(H2,55,60)(H,57,65)(H,58,66)(H,68,69). The Labute approximate surface area is 427 Å². The van der Waals surface area contributed by atoms with Gasteiger partial charge in [-0.25, -0.2) is 9.78 Å². The lowest BCUT2D eigenvalue weighted by Crippen LogP contribution is -2.56. The number of carbonyl (C=O) groups is 4. The number of aromatic nitrogens is 3. The molecule has 3 aliphatic heterocycles. The number of ether oxygens (including phenoxy) is 4. The van der Waals surface area contributed by atoms with Gasteiger partial charge in [-0.05, 0) is 127 Å². The number of unbranched alkanes of at least 4 members (excludes halogenated alkanes) is 1. The predicted octanol–water partition coefficient (Wildman–Crippen LogP) is 6.51. The summed E-state index contributed by atoms with van der Waals surface area (Å²) in [4.78, 5) is 64.3. The number of nitrogen functional groups attached to an aromatic ring is 1. The number of nitrogens with zero attached hydrogens (tertiary/aromatic N) is 7. The number of para-hydroxylation sites is 1. The van der Waals surface area contributed by atoms with Crippen LogP contribution in [0.5, 0.6) is 11.6 Å². The van der Waals surface area contributed by atoms with Crippen LogP contribution < -0.4 is 35.6 Å². The zero-order chi connectivity index (χ0) is 51.1. The molecule has 2 aromatic heterocycles. The van der Waals surface area contributed by atoms with Crippen molar-refractivity contribution in [2.24, 2.45) is 5.41 Å². The Morgan fingerprint density at radius 1 is 0.904 bits per heavy atom. The van der Waals surface area contributed by atoms with Gasteiger partial charge in [0.05, 0.1) is 30.2 Å². The van der Waals surface area contributed by atoms with Crippen molar-refractivity contribution in [1.82, 2.24) is 30.3 Å². The summed E-state index contributed by atoms with van der Waals surface area (Å²) in [5.41, 5.74) is 10.1. The van der Waals surface area contributed by atoms with Gasteiger partial charge in [0.15, 0.2) is 5.82 Å². The van der Waals surface area contributed by atoms with Crippen LogP contribution in [-0.4, -0.2) is 144 Å². The first-order valence-electron chi connectivity index (χ1n) is 26.0. The third-order valence-electron chi connectivity index (χ3n) is 15.1. The summed E-state index contributed by atoms with van der Waals surface area (Å²) in [6.07, 6.45) is 9.86. The minimum absolute atomic E-state index is 0.0305. The fraction of sp³-hybridized carbons (Fsp3) is 0.537. The Kier molecular flexibility index (Phi) is 16.1. The molecule has 2 aromatic carbocycles. The number of anilines is 4. The number of carboxylic acid groups (broad SMARTS) is 1. The molecule has 3 atom stereocenters. The molecule has 2 bridgehead atoms. The maximum Gasteiger partial charge on any atom is 0.407 e. The highest BCUT2D eigenvalue weighted by molar-refractivity contribution is 6.06. The van der Waals surface area contributed by atoms with Crippen molar-refractivity contribution in [3.8, 4) is 22.9 Å². The van der Waals surface area contributed by atoms with E-state index < -0.39 is 29.4 Å². The number of nitrogens with two attached hydrogens (primary N) is 1. The molecule has 0 spiro atoms. The van der Waals surface area contributed by atoms with Gasteiger partial charge in [-0.2, -0.15) is 0 Å². The normalized spacial score (nSPS) is 21.7. The molecule has 390 valence electrons. The van der Waals surface area contributed by atoms with E-state index in [4.69, 9.17) is 24.7 Å². The van der Waals surface area contributed by atoms with Crippen molar-refractivity contribution < 1.29 is 43.2 Å². The van der Waals surface area contributed by atoms with Gasteiger partial charge in [0.1, 0.15) is 29.9 Å². The summed E-state index contributed by atoms with van der Waals surface area (Å²) < 4.78 is 24.3. The number of hydrogen-bond donors (Lipinski definition) is 4. The van der Waals surface area contributed by atoms with Gasteiger partial charge in [-0.1, -0.05) is 30.7 Å². The summed E-state index contributed by atoms with van der Waals surface area (Å²) in [7, 11) is 3.99. The SMILES string of the molecule is CCOC(=O)C1(C(=O)NC(CCCCN(C)C)C(=O)Nc2ccc(COc3ccccc3-c3cc(N4CC5CCC(C4)N5c4ccnc(OC5CC(OC6CCN(C(=O)O)CC6)C5)c4)c(N)nn3)cc2)CCC1. The van der Waals surface area contributed by atoms with E-state index in [1.54, 1.807) is 6.92 Å². The maximum atomic E-state index is 13.7. The fourth-order valence-corrected chi connectivity index (χ4v) is 10.8.